The number of benzene rings is 2. The molecule has 0 saturated carbocycles. The molecule has 2 aromatic carbocycles. The van der Waals surface area contributed by atoms with Crippen LogP contribution in [0.15, 0.2) is 42.5 Å². The van der Waals surface area contributed by atoms with Crippen LogP contribution in [-0.4, -0.2) is 19.2 Å². The van der Waals surface area contributed by atoms with E-state index in [2.05, 4.69) is 11.1 Å². The molecule has 0 fully saturated rings. The van der Waals surface area contributed by atoms with Crippen LogP contribution in [0.4, 0.5) is 0 Å². The summed E-state index contributed by atoms with van der Waals surface area (Å²) >= 11 is 0. The minimum Gasteiger partial charge on any atom is -0.494 e. The van der Waals surface area contributed by atoms with Gasteiger partial charge < -0.3 is 9.47 Å². The van der Waals surface area contributed by atoms with Gasteiger partial charge in [-0.15, -0.1) is 0 Å². The van der Waals surface area contributed by atoms with Crippen molar-refractivity contribution in [1.82, 2.24) is 4.98 Å². The predicted octanol–water partition coefficient (Wildman–Crippen LogP) is 3.41. The van der Waals surface area contributed by atoms with Crippen LogP contribution < -0.4 is 9.47 Å². The highest BCUT2D eigenvalue weighted by Crippen LogP contribution is 2.30. The fraction of sp³-hybridized carbons (Fsp3) is 0.133. The fourth-order valence-corrected chi connectivity index (χ4v) is 2.16. The predicted molar refractivity (Wildman–Crippen MR) is 72.4 cm³/mol. The Kier molecular flexibility index (Phi) is 2.52. The first-order valence-electron chi connectivity index (χ1n) is 5.74. The van der Waals surface area contributed by atoms with E-state index in [0.717, 1.165) is 33.3 Å². The summed E-state index contributed by atoms with van der Waals surface area (Å²) in [5.41, 5.74) is 1.72. The van der Waals surface area contributed by atoms with Gasteiger partial charge in [-0.1, -0.05) is 24.3 Å². The van der Waals surface area contributed by atoms with Gasteiger partial charge in [0.1, 0.15) is 22.5 Å². The Morgan fingerprint density at radius 1 is 0.778 bits per heavy atom. The van der Waals surface area contributed by atoms with E-state index in [0.29, 0.717) is 0 Å². The molecule has 1 aromatic heterocycles. The molecule has 0 N–H and O–H groups in total. The van der Waals surface area contributed by atoms with Crippen molar-refractivity contribution in [3.63, 3.8) is 0 Å². The standard InChI is InChI=1S/C15H13NO2/c1-17-12-7-3-5-10-9-11-6-4-8-13(18-2)15(11)16-14(10)12/h3-9H,1-2H3. The quantitative estimate of drug-likeness (QED) is 0.642. The number of hydrogen-bond donors (Lipinski definition) is 0. The van der Waals surface area contributed by atoms with Crippen LogP contribution in [0.5, 0.6) is 11.5 Å². The van der Waals surface area contributed by atoms with Crippen LogP contribution in [0.1, 0.15) is 0 Å². The highest BCUT2D eigenvalue weighted by Gasteiger charge is 2.07. The topological polar surface area (TPSA) is 31.4 Å². The number of para-hydroxylation sites is 2. The molecule has 3 aromatic rings. The van der Waals surface area contributed by atoms with Gasteiger partial charge in [-0.05, 0) is 18.2 Å². The molecule has 3 nitrogen and oxygen atoms in total. The Balaban J connectivity index is 2.44. The molecule has 0 aliphatic rings. The van der Waals surface area contributed by atoms with Gasteiger partial charge in [-0.2, -0.15) is 0 Å². The van der Waals surface area contributed by atoms with Crippen molar-refractivity contribution >= 4 is 21.8 Å². The smallest absolute Gasteiger partial charge is 0.145 e. The summed E-state index contributed by atoms with van der Waals surface area (Å²) < 4.78 is 10.7. The fourth-order valence-electron chi connectivity index (χ4n) is 2.16. The summed E-state index contributed by atoms with van der Waals surface area (Å²) in [6.07, 6.45) is 0. The van der Waals surface area contributed by atoms with Gasteiger partial charge in [0.25, 0.3) is 0 Å². The minimum atomic E-state index is 0.778. The van der Waals surface area contributed by atoms with E-state index in [-0.39, 0.29) is 0 Å². The molecule has 0 radical (unpaired) electrons. The van der Waals surface area contributed by atoms with Crippen LogP contribution >= 0.6 is 0 Å². The Labute approximate surface area is 105 Å². The number of rotatable bonds is 2. The number of pyridine rings is 1. The summed E-state index contributed by atoms with van der Waals surface area (Å²) in [7, 11) is 3.31. The molecule has 0 saturated heterocycles. The van der Waals surface area contributed by atoms with Gasteiger partial charge in [0.05, 0.1) is 14.2 Å². The van der Waals surface area contributed by atoms with Crippen molar-refractivity contribution in [2.45, 2.75) is 0 Å². The second-order valence-corrected chi connectivity index (χ2v) is 4.05. The molecule has 3 rings (SSSR count). The lowest BCUT2D eigenvalue weighted by atomic mass is 10.1. The number of ether oxygens (including phenoxy) is 2. The Bertz CT molecular complexity index is 663. The van der Waals surface area contributed by atoms with Gasteiger partial charge in [-0.3, -0.25) is 0 Å². The summed E-state index contributed by atoms with van der Waals surface area (Å²) in [5.74, 6) is 1.56. The third-order valence-corrected chi connectivity index (χ3v) is 3.03. The van der Waals surface area contributed by atoms with Crippen LogP contribution in [0.2, 0.25) is 0 Å². The molecule has 1 heterocycles. The van der Waals surface area contributed by atoms with Crippen molar-refractivity contribution in [2.75, 3.05) is 14.2 Å². The molecule has 0 aliphatic heterocycles. The zero-order valence-electron chi connectivity index (χ0n) is 10.3. The van der Waals surface area contributed by atoms with Crippen molar-refractivity contribution in [3.05, 3.63) is 42.5 Å². The van der Waals surface area contributed by atoms with E-state index in [9.17, 15) is 0 Å². The third-order valence-electron chi connectivity index (χ3n) is 3.03. The van der Waals surface area contributed by atoms with Crippen LogP contribution in [0.25, 0.3) is 21.8 Å². The lowest BCUT2D eigenvalue weighted by molar-refractivity contribution is 0.417. The first-order valence-corrected chi connectivity index (χ1v) is 5.74. The molecule has 0 unspecified atom stereocenters. The zero-order chi connectivity index (χ0) is 12.5. The monoisotopic (exact) mass is 239 g/mol. The lowest BCUT2D eigenvalue weighted by Gasteiger charge is -2.08. The summed E-state index contributed by atoms with van der Waals surface area (Å²) in [6, 6.07) is 13.9. The van der Waals surface area contributed by atoms with E-state index in [1.165, 1.54) is 0 Å². The van der Waals surface area contributed by atoms with E-state index < -0.39 is 0 Å². The van der Waals surface area contributed by atoms with Gasteiger partial charge in [-0.25, -0.2) is 4.98 Å². The van der Waals surface area contributed by atoms with Gasteiger partial charge in [0, 0.05) is 10.8 Å². The van der Waals surface area contributed by atoms with E-state index in [1.54, 1.807) is 14.2 Å². The van der Waals surface area contributed by atoms with E-state index >= 15 is 0 Å². The van der Waals surface area contributed by atoms with Gasteiger partial charge >= 0.3 is 0 Å². The maximum atomic E-state index is 5.35. The van der Waals surface area contributed by atoms with E-state index in [4.69, 9.17) is 9.47 Å². The van der Waals surface area contributed by atoms with Crippen LogP contribution in [0, 0.1) is 0 Å². The second-order valence-electron chi connectivity index (χ2n) is 4.05. The minimum absolute atomic E-state index is 0.778. The second kappa shape index (κ2) is 4.18. The molecule has 0 bridgehead atoms. The SMILES string of the molecule is COc1cccc2cc3cccc(OC)c3nc12. The maximum Gasteiger partial charge on any atom is 0.145 e. The molecule has 18 heavy (non-hydrogen) atoms. The first-order chi connectivity index (χ1) is 8.83. The molecule has 90 valence electrons. The zero-order valence-corrected chi connectivity index (χ0v) is 10.3. The van der Waals surface area contributed by atoms with E-state index in [1.807, 2.05) is 36.4 Å². The van der Waals surface area contributed by atoms with Gasteiger partial charge in [0.15, 0.2) is 0 Å². The highest BCUT2D eigenvalue weighted by atomic mass is 16.5. The van der Waals surface area contributed by atoms with Crippen LogP contribution in [0.3, 0.4) is 0 Å². The molecule has 0 spiro atoms. The van der Waals surface area contributed by atoms with Crippen LogP contribution in [-0.2, 0) is 0 Å². The van der Waals surface area contributed by atoms with Crippen molar-refractivity contribution in [3.8, 4) is 11.5 Å². The molecule has 0 amide bonds. The highest BCUT2D eigenvalue weighted by molar-refractivity contribution is 5.97. The third kappa shape index (κ3) is 1.56. The molecule has 3 heteroatoms. The van der Waals surface area contributed by atoms with Crippen molar-refractivity contribution < 1.29 is 9.47 Å². The maximum absolute atomic E-state index is 5.35. The first kappa shape index (κ1) is 10.8. The summed E-state index contributed by atoms with van der Waals surface area (Å²) in [6.45, 7) is 0. The van der Waals surface area contributed by atoms with Crippen molar-refractivity contribution in [2.24, 2.45) is 0 Å². The largest absolute Gasteiger partial charge is 0.494 e. The number of hydrogen-bond acceptors (Lipinski definition) is 3. The Morgan fingerprint density at radius 2 is 1.28 bits per heavy atom. The normalized spacial score (nSPS) is 10.8. The molecular formula is C15H13NO2. The number of aromatic nitrogens is 1. The Hall–Kier alpha value is -2.29. The average Bonchev–Trinajstić information content (AvgIpc) is 2.43. The summed E-state index contributed by atoms with van der Waals surface area (Å²) in [5, 5.41) is 2.13. The Morgan fingerprint density at radius 3 is 1.72 bits per heavy atom. The molecule has 0 atom stereocenters. The molecular weight excluding hydrogens is 226 g/mol. The number of nitrogens with zero attached hydrogens (tertiary/aromatic N) is 1. The van der Waals surface area contributed by atoms with Crippen molar-refractivity contribution in [1.29, 1.82) is 0 Å². The lowest BCUT2D eigenvalue weighted by Crippen LogP contribution is -1.91. The average molecular weight is 239 g/mol. The summed E-state index contributed by atoms with van der Waals surface area (Å²) in [4.78, 5) is 4.67. The number of fused-ring (bicyclic) bond motifs is 2. The molecule has 0 aliphatic carbocycles. The number of methoxy groups -OCH3 is 2. The van der Waals surface area contributed by atoms with Gasteiger partial charge in [0.2, 0.25) is 0 Å².